The Bertz CT molecular complexity index is 1290. The van der Waals surface area contributed by atoms with Gasteiger partial charge in [-0.2, -0.15) is 5.10 Å². The fourth-order valence-corrected chi connectivity index (χ4v) is 5.32. The van der Waals surface area contributed by atoms with Crippen molar-refractivity contribution in [3.8, 4) is 23.0 Å². The lowest BCUT2D eigenvalue weighted by atomic mass is 9.96. The van der Waals surface area contributed by atoms with Crippen LogP contribution in [-0.2, 0) is 0 Å². The molecule has 2 heterocycles. The predicted molar refractivity (Wildman–Crippen MR) is 153 cm³/mol. The lowest BCUT2D eigenvalue weighted by Gasteiger charge is -2.38. The SMILES string of the molecule is CCCCCOc1ccc([C@H]2Oc3ccc(Br)cc3[C@H]3CC(c4ccc(OC(C)C)cc4)=NN32)cc1OC. The van der Waals surface area contributed by atoms with Crippen molar-refractivity contribution in [2.45, 2.75) is 64.8 Å². The highest BCUT2D eigenvalue weighted by molar-refractivity contribution is 9.10. The van der Waals surface area contributed by atoms with E-state index < -0.39 is 6.23 Å². The van der Waals surface area contributed by atoms with Gasteiger partial charge >= 0.3 is 0 Å². The van der Waals surface area contributed by atoms with Gasteiger partial charge in [-0.3, -0.25) is 0 Å². The molecule has 0 fully saturated rings. The summed E-state index contributed by atoms with van der Waals surface area (Å²) in [5.74, 6) is 3.18. The Morgan fingerprint density at radius 1 is 1.03 bits per heavy atom. The van der Waals surface area contributed by atoms with E-state index in [0.717, 1.165) is 69.8 Å². The van der Waals surface area contributed by atoms with E-state index >= 15 is 0 Å². The first-order valence-corrected chi connectivity index (χ1v) is 14.2. The van der Waals surface area contributed by atoms with E-state index in [1.165, 1.54) is 0 Å². The van der Waals surface area contributed by atoms with Gasteiger partial charge in [0.15, 0.2) is 11.5 Å². The number of unbranched alkanes of at least 4 members (excludes halogenated alkanes) is 2. The smallest absolute Gasteiger partial charge is 0.214 e. The molecule has 0 amide bonds. The van der Waals surface area contributed by atoms with Gasteiger partial charge in [0.05, 0.1) is 31.6 Å². The molecule has 0 aliphatic carbocycles. The van der Waals surface area contributed by atoms with Crippen molar-refractivity contribution >= 4 is 21.6 Å². The number of nitrogens with zero attached hydrogens (tertiary/aromatic N) is 2. The maximum Gasteiger partial charge on any atom is 0.214 e. The highest BCUT2D eigenvalue weighted by atomic mass is 79.9. The largest absolute Gasteiger partial charge is 0.493 e. The molecule has 2 atom stereocenters. The van der Waals surface area contributed by atoms with Crippen molar-refractivity contribution in [2.24, 2.45) is 5.10 Å². The van der Waals surface area contributed by atoms with Crippen LogP contribution in [0.2, 0.25) is 0 Å². The summed E-state index contributed by atoms with van der Waals surface area (Å²) in [6.45, 7) is 6.92. The first-order valence-electron chi connectivity index (χ1n) is 13.4. The first-order chi connectivity index (χ1) is 18.5. The Morgan fingerprint density at radius 3 is 2.58 bits per heavy atom. The Balaban J connectivity index is 1.46. The van der Waals surface area contributed by atoms with Gasteiger partial charge in [0.2, 0.25) is 6.23 Å². The molecular weight excluding hydrogens is 544 g/mol. The van der Waals surface area contributed by atoms with E-state index in [0.29, 0.717) is 12.4 Å². The standard InChI is InChI=1S/C31H35BrN2O4/c1-5-6-7-16-36-29-14-10-22(17-30(29)35-4)31-34-27(25-18-23(32)11-15-28(25)38-31)19-26(33-34)21-8-12-24(13-9-21)37-20(2)3/h8-15,17-18,20,27,31H,5-7,16,19H2,1-4H3/t27-,31-/m1/s1. The van der Waals surface area contributed by atoms with Crippen LogP contribution in [-0.4, -0.2) is 30.5 Å². The molecule has 3 aromatic rings. The zero-order chi connectivity index (χ0) is 26.6. The molecule has 0 unspecified atom stereocenters. The second-order valence-electron chi connectivity index (χ2n) is 9.96. The quantitative estimate of drug-likeness (QED) is 0.228. The van der Waals surface area contributed by atoms with Gasteiger partial charge in [-0.1, -0.05) is 35.7 Å². The lowest BCUT2D eigenvalue weighted by Crippen LogP contribution is -2.33. The summed E-state index contributed by atoms with van der Waals surface area (Å²) in [5.41, 5.74) is 4.19. The minimum Gasteiger partial charge on any atom is -0.493 e. The fourth-order valence-electron chi connectivity index (χ4n) is 4.94. The molecule has 38 heavy (non-hydrogen) atoms. The summed E-state index contributed by atoms with van der Waals surface area (Å²) >= 11 is 3.64. The normalized spacial score (nSPS) is 17.9. The van der Waals surface area contributed by atoms with Crippen LogP contribution in [0.3, 0.4) is 0 Å². The molecule has 5 rings (SSSR count). The number of methoxy groups -OCH3 is 1. The summed E-state index contributed by atoms with van der Waals surface area (Å²) in [6.07, 6.45) is 3.86. The zero-order valence-electron chi connectivity index (χ0n) is 22.4. The monoisotopic (exact) mass is 578 g/mol. The summed E-state index contributed by atoms with van der Waals surface area (Å²) in [7, 11) is 1.67. The van der Waals surface area contributed by atoms with Crippen LogP contribution in [0.15, 0.2) is 70.2 Å². The van der Waals surface area contributed by atoms with Gasteiger partial charge in [0.1, 0.15) is 11.5 Å². The minimum atomic E-state index is -0.391. The summed E-state index contributed by atoms with van der Waals surface area (Å²) < 4.78 is 25.1. The molecule has 0 N–H and O–H groups in total. The van der Waals surface area contributed by atoms with Gasteiger partial charge in [0, 0.05) is 22.0 Å². The Hall–Kier alpha value is -3.19. The first kappa shape index (κ1) is 26.4. The van der Waals surface area contributed by atoms with Crippen molar-refractivity contribution in [3.05, 3.63) is 81.8 Å². The van der Waals surface area contributed by atoms with E-state index in [9.17, 15) is 0 Å². The topological polar surface area (TPSA) is 52.5 Å². The van der Waals surface area contributed by atoms with Crippen LogP contribution in [0.5, 0.6) is 23.0 Å². The maximum absolute atomic E-state index is 6.57. The van der Waals surface area contributed by atoms with E-state index in [2.05, 4.69) is 52.1 Å². The van der Waals surface area contributed by atoms with Gasteiger partial charge in [0.25, 0.3) is 0 Å². The molecular formula is C31H35BrN2O4. The molecule has 2 aliphatic rings. The second-order valence-corrected chi connectivity index (χ2v) is 10.9. The maximum atomic E-state index is 6.57. The molecule has 0 bridgehead atoms. The van der Waals surface area contributed by atoms with Crippen LogP contribution >= 0.6 is 15.9 Å². The third-order valence-corrected chi connectivity index (χ3v) is 7.28. The Morgan fingerprint density at radius 2 is 1.84 bits per heavy atom. The van der Waals surface area contributed by atoms with Gasteiger partial charge in [-0.05, 0) is 86.5 Å². The van der Waals surface area contributed by atoms with Crippen molar-refractivity contribution in [1.29, 1.82) is 0 Å². The summed E-state index contributed by atoms with van der Waals surface area (Å²) in [4.78, 5) is 0. The number of hydrogen-bond donors (Lipinski definition) is 0. The highest BCUT2D eigenvalue weighted by Gasteiger charge is 2.41. The van der Waals surface area contributed by atoms with E-state index in [-0.39, 0.29) is 12.1 Å². The van der Waals surface area contributed by atoms with E-state index in [1.807, 2.05) is 50.2 Å². The minimum absolute atomic E-state index is 0.0544. The molecule has 7 heteroatoms. The Kier molecular flexibility index (Phi) is 8.12. The van der Waals surface area contributed by atoms with Gasteiger partial charge in [-0.25, -0.2) is 5.01 Å². The van der Waals surface area contributed by atoms with Crippen molar-refractivity contribution in [1.82, 2.24) is 5.01 Å². The molecule has 0 aromatic heterocycles. The molecule has 0 spiro atoms. The number of rotatable bonds is 10. The average Bonchev–Trinajstić information content (AvgIpc) is 3.37. The van der Waals surface area contributed by atoms with E-state index in [1.54, 1.807) is 7.11 Å². The summed E-state index contributed by atoms with van der Waals surface area (Å²) in [5, 5.41) is 7.18. The third kappa shape index (κ3) is 5.63. The van der Waals surface area contributed by atoms with Crippen LogP contribution in [0.1, 0.15) is 75.4 Å². The second kappa shape index (κ2) is 11.7. The molecule has 200 valence electrons. The molecule has 3 aromatic carbocycles. The number of hydrogen-bond acceptors (Lipinski definition) is 6. The molecule has 0 saturated carbocycles. The molecule has 0 saturated heterocycles. The zero-order valence-corrected chi connectivity index (χ0v) is 24.0. The van der Waals surface area contributed by atoms with Crippen molar-refractivity contribution in [3.63, 3.8) is 0 Å². The number of hydrazone groups is 1. The van der Waals surface area contributed by atoms with Gasteiger partial charge in [-0.15, -0.1) is 0 Å². The lowest BCUT2D eigenvalue weighted by molar-refractivity contribution is -0.0192. The van der Waals surface area contributed by atoms with Gasteiger partial charge < -0.3 is 18.9 Å². The highest BCUT2D eigenvalue weighted by Crippen LogP contribution is 2.49. The molecule has 2 aliphatic heterocycles. The predicted octanol–water partition coefficient (Wildman–Crippen LogP) is 8.06. The third-order valence-electron chi connectivity index (χ3n) is 6.79. The number of benzene rings is 3. The Labute approximate surface area is 233 Å². The van der Waals surface area contributed by atoms with E-state index in [4.69, 9.17) is 24.0 Å². The number of halogens is 1. The van der Waals surface area contributed by atoms with Crippen LogP contribution in [0.25, 0.3) is 0 Å². The average molecular weight is 580 g/mol. The van der Waals surface area contributed by atoms with Crippen LogP contribution in [0, 0.1) is 0 Å². The molecule has 0 radical (unpaired) electrons. The fraction of sp³-hybridized carbons (Fsp3) is 0.387. The number of ether oxygens (including phenoxy) is 4. The van der Waals surface area contributed by atoms with Crippen LogP contribution in [0.4, 0.5) is 0 Å². The van der Waals surface area contributed by atoms with Crippen LogP contribution < -0.4 is 18.9 Å². The van der Waals surface area contributed by atoms with Crippen molar-refractivity contribution in [2.75, 3.05) is 13.7 Å². The van der Waals surface area contributed by atoms with Crippen molar-refractivity contribution < 1.29 is 18.9 Å². The summed E-state index contributed by atoms with van der Waals surface area (Å²) in [6, 6.07) is 20.5. The molecule has 6 nitrogen and oxygen atoms in total. The number of fused-ring (bicyclic) bond motifs is 3.